The Labute approximate surface area is 218 Å². The molecule has 208 valence electrons. The first kappa shape index (κ1) is 31.9. The third kappa shape index (κ3) is 10.4. The van der Waals surface area contributed by atoms with Crippen LogP contribution < -0.4 is 15.2 Å². The predicted octanol–water partition coefficient (Wildman–Crippen LogP) is 4.82. The maximum absolute atomic E-state index is 12.5. The van der Waals surface area contributed by atoms with Crippen LogP contribution >= 0.6 is 0 Å². The van der Waals surface area contributed by atoms with E-state index in [2.05, 4.69) is 0 Å². The number of nitrogens with two attached hydrogens (primary N) is 1. The molecule has 5 atom stereocenters. The van der Waals surface area contributed by atoms with Gasteiger partial charge in [-0.3, -0.25) is 14.4 Å². The van der Waals surface area contributed by atoms with E-state index in [4.69, 9.17) is 24.7 Å². The Morgan fingerprint density at radius 1 is 0.919 bits per heavy atom. The topological polar surface area (TPSA) is 151 Å². The van der Waals surface area contributed by atoms with Crippen LogP contribution in [0.4, 0.5) is 4.79 Å². The quantitative estimate of drug-likeness (QED) is 0.186. The molecule has 0 aliphatic carbocycles. The van der Waals surface area contributed by atoms with Crippen molar-refractivity contribution in [2.75, 3.05) is 6.61 Å². The smallest absolute Gasteiger partial charge is 0.480 e. The first-order chi connectivity index (χ1) is 17.4. The zero-order valence-corrected chi connectivity index (χ0v) is 22.7. The fourth-order valence-corrected chi connectivity index (χ4v) is 3.24. The number of carbonyl (C=O) groups excluding carboxylic acids is 3. The Bertz CT molecular complexity index is 917. The van der Waals surface area contributed by atoms with Gasteiger partial charge in [0.25, 0.3) is 0 Å². The highest BCUT2D eigenvalue weighted by atomic mass is 16.7. The highest BCUT2D eigenvalue weighted by Crippen LogP contribution is 2.35. The van der Waals surface area contributed by atoms with E-state index in [0.29, 0.717) is 24.8 Å². The number of esters is 2. The van der Waals surface area contributed by atoms with Crippen LogP contribution in [0.25, 0.3) is 0 Å². The van der Waals surface area contributed by atoms with Crippen LogP contribution in [0, 0.1) is 11.8 Å². The van der Waals surface area contributed by atoms with E-state index in [-0.39, 0.29) is 30.4 Å². The molecule has 0 amide bonds. The molecular weight excluding hydrogens is 482 g/mol. The van der Waals surface area contributed by atoms with Crippen LogP contribution in [-0.4, -0.2) is 47.9 Å². The first-order valence-corrected chi connectivity index (χ1v) is 12.8. The lowest BCUT2D eigenvalue weighted by Crippen LogP contribution is -2.38. The number of hydrogen-bond acceptors (Lipinski definition) is 9. The molecule has 4 unspecified atom stereocenters. The number of carboxylic acid groups (broad SMARTS) is 1. The molecule has 0 aliphatic heterocycles. The lowest BCUT2D eigenvalue weighted by molar-refractivity contribution is -0.141. The molecule has 1 aromatic carbocycles. The van der Waals surface area contributed by atoms with Crippen LogP contribution in [0.15, 0.2) is 18.2 Å². The van der Waals surface area contributed by atoms with E-state index in [1.807, 2.05) is 20.8 Å². The highest BCUT2D eigenvalue weighted by Gasteiger charge is 2.30. The number of rotatable bonds is 15. The average Bonchev–Trinajstić information content (AvgIpc) is 2.86. The minimum Gasteiger partial charge on any atom is -0.480 e. The zero-order valence-electron chi connectivity index (χ0n) is 22.7. The third-order valence-corrected chi connectivity index (χ3v) is 6.17. The van der Waals surface area contributed by atoms with Gasteiger partial charge in [0.2, 0.25) is 0 Å². The molecule has 1 rings (SSSR count). The van der Waals surface area contributed by atoms with Crippen molar-refractivity contribution in [3.8, 4) is 11.5 Å². The number of carboxylic acids is 1. The molecule has 0 radical (unpaired) electrons. The molecule has 0 aromatic heterocycles. The van der Waals surface area contributed by atoms with Gasteiger partial charge in [0.05, 0.1) is 18.4 Å². The maximum atomic E-state index is 12.5. The number of carbonyl (C=O) groups is 4. The molecule has 0 aliphatic rings. The van der Waals surface area contributed by atoms with Gasteiger partial charge in [-0.1, -0.05) is 47.1 Å². The van der Waals surface area contributed by atoms with Crippen molar-refractivity contribution < 1.29 is 43.2 Å². The summed E-state index contributed by atoms with van der Waals surface area (Å²) >= 11 is 0. The number of hydrogen-bond donors (Lipinski definition) is 2. The molecule has 0 saturated carbocycles. The second-order valence-electron chi connectivity index (χ2n) is 9.25. The van der Waals surface area contributed by atoms with Gasteiger partial charge in [-0.25, -0.2) is 4.79 Å². The van der Waals surface area contributed by atoms with Gasteiger partial charge in [0, 0.05) is 5.92 Å². The summed E-state index contributed by atoms with van der Waals surface area (Å²) < 4.78 is 21.3. The molecule has 0 bridgehead atoms. The summed E-state index contributed by atoms with van der Waals surface area (Å²) in [5.74, 6) is -3.85. The summed E-state index contributed by atoms with van der Waals surface area (Å²) in [6.45, 7) is 10.9. The fourth-order valence-electron chi connectivity index (χ4n) is 3.24. The number of aliphatic carboxylic acids is 1. The van der Waals surface area contributed by atoms with E-state index in [1.165, 1.54) is 12.1 Å². The SMILES string of the molecule is CCCCOC(=O)OC(C)CC(c1ccc(OC(=O)C(C)CC)c(OC(=O)C(C)CC)c1)[C@H](N)C(=O)O. The van der Waals surface area contributed by atoms with Gasteiger partial charge in [0.15, 0.2) is 11.5 Å². The van der Waals surface area contributed by atoms with Gasteiger partial charge in [0.1, 0.15) is 12.1 Å². The van der Waals surface area contributed by atoms with Crippen molar-refractivity contribution in [1.29, 1.82) is 0 Å². The number of benzene rings is 1. The molecule has 1 aromatic rings. The fraction of sp³-hybridized carbons (Fsp3) is 0.630. The van der Waals surface area contributed by atoms with Crippen LogP contribution in [-0.2, 0) is 23.9 Å². The Hall–Kier alpha value is -3.14. The molecule has 3 N–H and O–H groups in total. The Kier molecular flexibility index (Phi) is 13.7. The zero-order chi connectivity index (χ0) is 28.1. The molecule has 37 heavy (non-hydrogen) atoms. The van der Waals surface area contributed by atoms with Gasteiger partial charge < -0.3 is 29.8 Å². The van der Waals surface area contributed by atoms with Gasteiger partial charge >= 0.3 is 24.1 Å². The van der Waals surface area contributed by atoms with Gasteiger partial charge in [-0.05, 0) is 50.3 Å². The summed E-state index contributed by atoms with van der Waals surface area (Å²) in [7, 11) is 0. The minimum atomic E-state index is -1.35. The van der Waals surface area contributed by atoms with E-state index in [1.54, 1.807) is 26.8 Å². The lowest BCUT2D eigenvalue weighted by atomic mass is 9.87. The summed E-state index contributed by atoms with van der Waals surface area (Å²) in [4.78, 5) is 48.7. The van der Waals surface area contributed by atoms with Crippen LogP contribution in [0.5, 0.6) is 11.5 Å². The summed E-state index contributed by atoms with van der Waals surface area (Å²) in [5, 5.41) is 9.62. The van der Waals surface area contributed by atoms with E-state index < -0.39 is 48.0 Å². The van der Waals surface area contributed by atoms with E-state index >= 15 is 0 Å². The first-order valence-electron chi connectivity index (χ1n) is 12.8. The summed E-state index contributed by atoms with van der Waals surface area (Å²) in [5.41, 5.74) is 6.42. The third-order valence-electron chi connectivity index (χ3n) is 6.17. The molecule has 0 saturated heterocycles. The number of ether oxygens (including phenoxy) is 4. The normalized spacial score (nSPS) is 15.0. The maximum Gasteiger partial charge on any atom is 0.508 e. The monoisotopic (exact) mass is 523 g/mol. The second-order valence-corrected chi connectivity index (χ2v) is 9.25. The summed E-state index contributed by atoms with van der Waals surface area (Å²) in [6.07, 6.45) is 1.13. The van der Waals surface area contributed by atoms with Crippen molar-refractivity contribution in [1.82, 2.24) is 0 Å². The molecule has 10 nitrogen and oxygen atoms in total. The van der Waals surface area contributed by atoms with Crippen LogP contribution in [0.3, 0.4) is 0 Å². The molecule has 10 heteroatoms. The van der Waals surface area contributed by atoms with Crippen LogP contribution in [0.2, 0.25) is 0 Å². The molecule has 0 heterocycles. The van der Waals surface area contributed by atoms with Crippen molar-refractivity contribution in [3.05, 3.63) is 23.8 Å². The Morgan fingerprint density at radius 3 is 2.00 bits per heavy atom. The minimum absolute atomic E-state index is 0.0189. The van der Waals surface area contributed by atoms with Crippen molar-refractivity contribution >= 4 is 24.1 Å². The second kappa shape index (κ2) is 15.9. The number of unbranched alkanes of at least 4 members (excludes halogenated alkanes) is 1. The average molecular weight is 524 g/mol. The van der Waals surface area contributed by atoms with Crippen LogP contribution in [0.1, 0.15) is 85.1 Å². The van der Waals surface area contributed by atoms with Crippen molar-refractivity contribution in [3.63, 3.8) is 0 Å². The highest BCUT2D eigenvalue weighted by molar-refractivity contribution is 5.79. The van der Waals surface area contributed by atoms with E-state index in [9.17, 15) is 24.3 Å². The van der Waals surface area contributed by atoms with Gasteiger partial charge in [-0.15, -0.1) is 0 Å². The molecule has 0 spiro atoms. The lowest BCUT2D eigenvalue weighted by Gasteiger charge is -2.25. The largest absolute Gasteiger partial charge is 0.508 e. The van der Waals surface area contributed by atoms with Crippen molar-refractivity contribution in [2.45, 2.75) is 91.7 Å². The van der Waals surface area contributed by atoms with E-state index in [0.717, 1.165) is 6.42 Å². The standard InChI is InChI=1S/C27H41NO9/c1-7-10-13-34-27(33)35-18(6)14-20(23(28)24(29)30)19-11-12-21(36-25(31)16(4)8-2)22(15-19)37-26(32)17(5)9-3/h11-12,15-18,20,23H,7-10,13-14,28H2,1-6H3,(H,29,30)/t16?,17?,18?,20?,23-/m0/s1. The summed E-state index contributed by atoms with van der Waals surface area (Å²) in [6, 6.07) is 3.09. The van der Waals surface area contributed by atoms with Crippen molar-refractivity contribution in [2.24, 2.45) is 17.6 Å². The Balaban J connectivity index is 3.30. The predicted molar refractivity (Wildman–Crippen MR) is 136 cm³/mol. The van der Waals surface area contributed by atoms with Gasteiger partial charge in [-0.2, -0.15) is 0 Å². The molecule has 0 fully saturated rings. The molecular formula is C27H41NO9. The Morgan fingerprint density at radius 2 is 1.49 bits per heavy atom.